The Bertz CT molecular complexity index is 530. The topological polar surface area (TPSA) is 61.4 Å². The number of piperidine rings is 1. The summed E-state index contributed by atoms with van der Waals surface area (Å²) in [5.74, 6) is 0.448. The highest BCUT2D eigenvalue weighted by Gasteiger charge is 2.22. The van der Waals surface area contributed by atoms with Crippen molar-refractivity contribution < 1.29 is 14.3 Å². The van der Waals surface area contributed by atoms with Crippen molar-refractivity contribution in [1.29, 1.82) is 0 Å². The molecule has 1 aromatic carbocycles. The average Bonchev–Trinajstić information content (AvgIpc) is 2.56. The Morgan fingerprint density at radius 3 is 2.96 bits per heavy atom. The van der Waals surface area contributed by atoms with Crippen molar-refractivity contribution in [2.75, 3.05) is 19.6 Å². The number of hydrogen-bond acceptors (Lipinski definition) is 3. The Morgan fingerprint density at radius 2 is 2.30 bits per heavy atom. The van der Waals surface area contributed by atoms with E-state index in [1.807, 2.05) is 0 Å². The molecule has 1 aliphatic rings. The molecule has 4 nitrogen and oxygen atoms in total. The van der Waals surface area contributed by atoms with Crippen LogP contribution in [0.2, 0.25) is 0 Å². The van der Waals surface area contributed by atoms with Gasteiger partial charge in [0.15, 0.2) is 0 Å². The van der Waals surface area contributed by atoms with Crippen LogP contribution in [0.5, 0.6) is 0 Å². The van der Waals surface area contributed by atoms with Gasteiger partial charge in [0.1, 0.15) is 5.82 Å². The number of benzene rings is 1. The quantitative estimate of drug-likeness (QED) is 0.753. The molecule has 5 heteroatoms. The van der Waals surface area contributed by atoms with E-state index in [0.717, 1.165) is 25.9 Å². The molecule has 0 aromatic heterocycles. The van der Waals surface area contributed by atoms with E-state index in [0.29, 0.717) is 29.4 Å². The third-order valence-electron chi connectivity index (χ3n) is 4.72. The van der Waals surface area contributed by atoms with Gasteiger partial charge >= 0.3 is 0 Å². The SMILES string of the molecule is Cc1ccc(C(O)CNC(=O)CC(C)C2CCCNC2)cc1F. The van der Waals surface area contributed by atoms with Crippen LogP contribution in [-0.2, 0) is 4.79 Å². The van der Waals surface area contributed by atoms with Crippen LogP contribution in [0.25, 0.3) is 0 Å². The third-order valence-corrected chi connectivity index (χ3v) is 4.72. The van der Waals surface area contributed by atoms with E-state index in [-0.39, 0.29) is 18.3 Å². The van der Waals surface area contributed by atoms with Gasteiger partial charge in [-0.05, 0) is 61.9 Å². The largest absolute Gasteiger partial charge is 0.387 e. The van der Waals surface area contributed by atoms with Crippen molar-refractivity contribution in [3.63, 3.8) is 0 Å². The predicted molar refractivity (Wildman–Crippen MR) is 88.5 cm³/mol. The first kappa shape index (κ1) is 17.9. The van der Waals surface area contributed by atoms with Gasteiger partial charge in [0.05, 0.1) is 6.10 Å². The molecule has 0 spiro atoms. The maximum Gasteiger partial charge on any atom is 0.220 e. The lowest BCUT2D eigenvalue weighted by molar-refractivity contribution is -0.122. The van der Waals surface area contributed by atoms with Crippen molar-refractivity contribution in [1.82, 2.24) is 10.6 Å². The van der Waals surface area contributed by atoms with E-state index in [1.165, 1.54) is 6.07 Å². The molecule has 128 valence electrons. The summed E-state index contributed by atoms with van der Waals surface area (Å²) in [6, 6.07) is 4.64. The lowest BCUT2D eigenvalue weighted by Crippen LogP contribution is -2.36. The van der Waals surface area contributed by atoms with Crippen LogP contribution in [0.15, 0.2) is 18.2 Å². The summed E-state index contributed by atoms with van der Waals surface area (Å²) in [5.41, 5.74) is 1.03. The van der Waals surface area contributed by atoms with Crippen molar-refractivity contribution in [2.45, 2.75) is 39.2 Å². The minimum Gasteiger partial charge on any atom is -0.387 e. The zero-order valence-electron chi connectivity index (χ0n) is 13.9. The van der Waals surface area contributed by atoms with Crippen LogP contribution < -0.4 is 10.6 Å². The van der Waals surface area contributed by atoms with Crippen molar-refractivity contribution in [3.05, 3.63) is 35.1 Å². The molecule has 3 N–H and O–H groups in total. The molecule has 0 aliphatic carbocycles. The van der Waals surface area contributed by atoms with Crippen LogP contribution in [0.1, 0.15) is 43.4 Å². The summed E-state index contributed by atoms with van der Waals surface area (Å²) < 4.78 is 13.5. The average molecular weight is 322 g/mol. The fourth-order valence-corrected chi connectivity index (χ4v) is 3.04. The number of halogens is 1. The molecule has 3 atom stereocenters. The molecule has 0 radical (unpaired) electrons. The van der Waals surface area contributed by atoms with Crippen molar-refractivity contribution in [3.8, 4) is 0 Å². The number of rotatable bonds is 6. The zero-order chi connectivity index (χ0) is 16.8. The van der Waals surface area contributed by atoms with E-state index in [9.17, 15) is 14.3 Å². The minimum atomic E-state index is -0.888. The second-order valence-corrected chi connectivity index (χ2v) is 6.62. The second-order valence-electron chi connectivity index (χ2n) is 6.62. The molecule has 1 heterocycles. The van der Waals surface area contributed by atoms with Gasteiger partial charge in [0.2, 0.25) is 5.91 Å². The molecule has 1 saturated heterocycles. The van der Waals surface area contributed by atoms with Gasteiger partial charge in [0, 0.05) is 13.0 Å². The van der Waals surface area contributed by atoms with Gasteiger partial charge in [-0.3, -0.25) is 4.79 Å². The first-order valence-electron chi connectivity index (χ1n) is 8.39. The van der Waals surface area contributed by atoms with Gasteiger partial charge in [-0.25, -0.2) is 4.39 Å². The highest BCUT2D eigenvalue weighted by Crippen LogP contribution is 2.22. The molecule has 1 aliphatic heterocycles. The number of aliphatic hydroxyl groups is 1. The Balaban J connectivity index is 1.77. The van der Waals surface area contributed by atoms with E-state index >= 15 is 0 Å². The maximum atomic E-state index is 13.5. The van der Waals surface area contributed by atoms with E-state index in [2.05, 4.69) is 17.6 Å². The van der Waals surface area contributed by atoms with Crippen LogP contribution in [0.3, 0.4) is 0 Å². The fraction of sp³-hybridized carbons (Fsp3) is 0.611. The molecular formula is C18H27FN2O2. The van der Waals surface area contributed by atoms with E-state index < -0.39 is 6.10 Å². The fourth-order valence-electron chi connectivity index (χ4n) is 3.04. The lowest BCUT2D eigenvalue weighted by Gasteiger charge is -2.28. The minimum absolute atomic E-state index is 0.0605. The third kappa shape index (κ3) is 5.29. The van der Waals surface area contributed by atoms with Crippen LogP contribution in [0, 0.1) is 24.6 Å². The summed E-state index contributed by atoms with van der Waals surface area (Å²) >= 11 is 0. The predicted octanol–water partition coefficient (Wildman–Crippen LogP) is 2.31. The van der Waals surface area contributed by atoms with Crippen molar-refractivity contribution >= 4 is 5.91 Å². The molecule has 2 rings (SSSR count). The number of carbonyl (C=O) groups excluding carboxylic acids is 1. The monoisotopic (exact) mass is 322 g/mol. The van der Waals surface area contributed by atoms with Gasteiger partial charge in [-0.1, -0.05) is 19.1 Å². The Labute approximate surface area is 137 Å². The number of aryl methyl sites for hydroxylation is 1. The number of carbonyl (C=O) groups is 1. The normalized spacial score (nSPS) is 20.8. The summed E-state index contributed by atoms with van der Waals surface area (Å²) in [4.78, 5) is 12.0. The molecule has 0 saturated carbocycles. The molecule has 3 unspecified atom stereocenters. The van der Waals surface area contributed by atoms with E-state index in [4.69, 9.17) is 0 Å². The van der Waals surface area contributed by atoms with Crippen LogP contribution in [-0.4, -0.2) is 30.6 Å². The number of amides is 1. The van der Waals surface area contributed by atoms with Crippen LogP contribution in [0.4, 0.5) is 4.39 Å². The highest BCUT2D eigenvalue weighted by atomic mass is 19.1. The van der Waals surface area contributed by atoms with Gasteiger partial charge in [-0.15, -0.1) is 0 Å². The second kappa shape index (κ2) is 8.41. The first-order chi connectivity index (χ1) is 11.0. The maximum absolute atomic E-state index is 13.5. The number of nitrogens with one attached hydrogen (secondary N) is 2. The standard InChI is InChI=1S/C18H27FN2O2/c1-12-5-6-14(9-16(12)19)17(22)11-21-18(23)8-13(2)15-4-3-7-20-10-15/h5-6,9,13,15,17,20,22H,3-4,7-8,10-11H2,1-2H3,(H,21,23). The molecule has 1 amide bonds. The molecule has 23 heavy (non-hydrogen) atoms. The summed E-state index contributed by atoms with van der Waals surface area (Å²) in [6.07, 6.45) is 1.89. The first-order valence-corrected chi connectivity index (χ1v) is 8.39. The zero-order valence-corrected chi connectivity index (χ0v) is 13.9. The molecule has 1 fully saturated rings. The molecule has 1 aromatic rings. The van der Waals surface area contributed by atoms with Crippen LogP contribution >= 0.6 is 0 Å². The van der Waals surface area contributed by atoms with E-state index in [1.54, 1.807) is 19.1 Å². The molecular weight excluding hydrogens is 295 g/mol. The van der Waals surface area contributed by atoms with Crippen molar-refractivity contribution in [2.24, 2.45) is 11.8 Å². The smallest absolute Gasteiger partial charge is 0.220 e. The Hall–Kier alpha value is -1.46. The Kier molecular flexibility index (Phi) is 6.54. The molecule has 0 bridgehead atoms. The number of aliphatic hydroxyl groups excluding tert-OH is 1. The van der Waals surface area contributed by atoms with Gasteiger partial charge in [0.25, 0.3) is 0 Å². The van der Waals surface area contributed by atoms with Gasteiger partial charge < -0.3 is 15.7 Å². The Morgan fingerprint density at radius 1 is 1.52 bits per heavy atom. The lowest BCUT2D eigenvalue weighted by atomic mass is 9.85. The number of hydrogen-bond donors (Lipinski definition) is 3. The van der Waals surface area contributed by atoms with Gasteiger partial charge in [-0.2, -0.15) is 0 Å². The highest BCUT2D eigenvalue weighted by molar-refractivity contribution is 5.76. The summed E-state index contributed by atoms with van der Waals surface area (Å²) in [7, 11) is 0. The summed E-state index contributed by atoms with van der Waals surface area (Å²) in [5, 5.41) is 16.2. The summed E-state index contributed by atoms with van der Waals surface area (Å²) in [6.45, 7) is 5.92.